The topological polar surface area (TPSA) is 60.8 Å². The predicted molar refractivity (Wildman–Crippen MR) is 86.8 cm³/mol. The lowest BCUT2D eigenvalue weighted by Gasteiger charge is -2.05. The van der Waals surface area contributed by atoms with Crippen molar-refractivity contribution in [2.45, 2.75) is 20.8 Å². The van der Waals surface area contributed by atoms with E-state index in [2.05, 4.69) is 10.1 Å². The van der Waals surface area contributed by atoms with Crippen molar-refractivity contribution in [1.82, 2.24) is 4.98 Å². The Labute approximate surface area is 137 Å². The van der Waals surface area contributed by atoms with Gasteiger partial charge in [-0.2, -0.15) is 0 Å². The minimum absolute atomic E-state index is 0.263. The van der Waals surface area contributed by atoms with Gasteiger partial charge in [-0.25, -0.2) is 9.78 Å². The monoisotopic (exact) mass is 338 g/mol. The molecule has 0 saturated carbocycles. The number of carbonyl (C=O) groups excluding carboxylic acids is 1. The number of carbonyl (C=O) groups is 1. The maximum absolute atomic E-state index is 11.6. The van der Waals surface area contributed by atoms with Gasteiger partial charge in [0, 0.05) is 0 Å². The molecule has 0 atom stereocenters. The molecule has 0 aliphatic heterocycles. The van der Waals surface area contributed by atoms with E-state index in [4.69, 9.17) is 21.2 Å². The summed E-state index contributed by atoms with van der Waals surface area (Å²) in [4.78, 5) is 21.7. The lowest BCUT2D eigenvalue weighted by atomic mass is 10.3. The zero-order valence-corrected chi connectivity index (χ0v) is 14.0. The van der Waals surface area contributed by atoms with E-state index in [0.29, 0.717) is 16.5 Å². The molecule has 0 fully saturated rings. The van der Waals surface area contributed by atoms with Crippen LogP contribution in [0.1, 0.15) is 22.5 Å². The van der Waals surface area contributed by atoms with Gasteiger partial charge in [0.1, 0.15) is 5.75 Å². The van der Waals surface area contributed by atoms with Crippen molar-refractivity contribution in [2.75, 3.05) is 6.61 Å². The summed E-state index contributed by atoms with van der Waals surface area (Å²) in [5.74, 6) is -0.172. The van der Waals surface area contributed by atoms with E-state index in [0.717, 1.165) is 15.6 Å². The Hall–Kier alpha value is -1.92. The van der Waals surface area contributed by atoms with Crippen LogP contribution in [0, 0.1) is 13.8 Å². The summed E-state index contributed by atoms with van der Waals surface area (Å²) < 4.78 is 5.28. The van der Waals surface area contributed by atoms with Gasteiger partial charge in [0.2, 0.25) is 0 Å². The standard InChI is InChI=1S/C15H15ClN2O3S/c1-9-15(22-11(3)17-9)10(2)18-21-14(19)8-20-13-7-5-4-6-12(13)16/h4-7H,8H2,1-3H3/b18-10+. The van der Waals surface area contributed by atoms with Gasteiger partial charge in [0.05, 0.1) is 26.3 Å². The maximum Gasteiger partial charge on any atom is 0.372 e. The Morgan fingerprint density at radius 1 is 1.36 bits per heavy atom. The van der Waals surface area contributed by atoms with Crippen LogP contribution in [0.3, 0.4) is 0 Å². The van der Waals surface area contributed by atoms with Crippen LogP contribution in [0.5, 0.6) is 5.75 Å². The van der Waals surface area contributed by atoms with E-state index in [1.807, 2.05) is 13.8 Å². The molecule has 1 aromatic heterocycles. The molecule has 0 aliphatic carbocycles. The molecule has 116 valence electrons. The van der Waals surface area contributed by atoms with Crippen molar-refractivity contribution >= 4 is 34.6 Å². The molecule has 0 aliphatic rings. The number of aryl methyl sites for hydroxylation is 2. The molecule has 1 aromatic carbocycles. The second kappa shape index (κ2) is 7.38. The molecular weight excluding hydrogens is 324 g/mol. The largest absolute Gasteiger partial charge is 0.480 e. The fourth-order valence-corrected chi connectivity index (χ4v) is 2.80. The van der Waals surface area contributed by atoms with Crippen LogP contribution in [0.2, 0.25) is 5.02 Å². The van der Waals surface area contributed by atoms with Crippen molar-refractivity contribution < 1.29 is 14.4 Å². The van der Waals surface area contributed by atoms with Crippen LogP contribution in [0.15, 0.2) is 29.4 Å². The summed E-state index contributed by atoms with van der Waals surface area (Å²) in [6, 6.07) is 6.90. The number of rotatable bonds is 5. The number of hydrogen-bond donors (Lipinski definition) is 0. The third-order valence-electron chi connectivity index (χ3n) is 2.70. The average molecular weight is 339 g/mol. The highest BCUT2D eigenvalue weighted by Crippen LogP contribution is 2.23. The minimum Gasteiger partial charge on any atom is -0.480 e. The van der Waals surface area contributed by atoms with Gasteiger partial charge in [-0.15, -0.1) is 11.3 Å². The number of aromatic nitrogens is 1. The van der Waals surface area contributed by atoms with Gasteiger partial charge in [-0.1, -0.05) is 28.9 Å². The Balaban J connectivity index is 1.91. The van der Waals surface area contributed by atoms with E-state index in [9.17, 15) is 4.79 Å². The zero-order chi connectivity index (χ0) is 16.1. The lowest BCUT2D eigenvalue weighted by molar-refractivity contribution is -0.146. The fraction of sp³-hybridized carbons (Fsp3) is 0.267. The van der Waals surface area contributed by atoms with Crippen LogP contribution in [-0.2, 0) is 9.63 Å². The van der Waals surface area contributed by atoms with Crippen LogP contribution in [-0.4, -0.2) is 23.3 Å². The smallest absolute Gasteiger partial charge is 0.372 e. The molecule has 7 heteroatoms. The van der Waals surface area contributed by atoms with Gasteiger partial charge < -0.3 is 9.57 Å². The number of thiazole rings is 1. The van der Waals surface area contributed by atoms with Crippen molar-refractivity contribution in [3.8, 4) is 5.75 Å². The number of nitrogens with zero attached hydrogens (tertiary/aromatic N) is 2. The van der Waals surface area contributed by atoms with E-state index in [1.54, 1.807) is 31.2 Å². The van der Waals surface area contributed by atoms with Gasteiger partial charge in [0.15, 0.2) is 6.61 Å². The molecule has 0 bridgehead atoms. The highest BCUT2D eigenvalue weighted by molar-refractivity contribution is 7.13. The number of oxime groups is 1. The summed E-state index contributed by atoms with van der Waals surface area (Å²) >= 11 is 7.43. The quantitative estimate of drug-likeness (QED) is 0.473. The third-order valence-corrected chi connectivity index (χ3v) is 4.19. The average Bonchev–Trinajstić information content (AvgIpc) is 2.82. The van der Waals surface area contributed by atoms with Crippen LogP contribution in [0.4, 0.5) is 0 Å². The number of benzene rings is 1. The van der Waals surface area contributed by atoms with Gasteiger partial charge in [0.25, 0.3) is 0 Å². The third kappa shape index (κ3) is 4.29. The molecule has 5 nitrogen and oxygen atoms in total. The molecule has 0 saturated heterocycles. The first-order valence-corrected chi connectivity index (χ1v) is 7.73. The van der Waals surface area contributed by atoms with Crippen molar-refractivity contribution in [3.05, 3.63) is 44.9 Å². The first-order valence-electron chi connectivity index (χ1n) is 6.53. The van der Waals surface area contributed by atoms with E-state index >= 15 is 0 Å². The highest BCUT2D eigenvalue weighted by atomic mass is 35.5. The Kier molecular flexibility index (Phi) is 5.51. The molecular formula is C15H15ClN2O3S. The number of halogens is 1. The second-order valence-corrected chi connectivity index (χ2v) is 6.12. The molecule has 22 heavy (non-hydrogen) atoms. The molecule has 2 rings (SSSR count). The molecule has 0 spiro atoms. The summed E-state index contributed by atoms with van der Waals surface area (Å²) in [5.41, 5.74) is 1.47. The molecule has 0 radical (unpaired) electrons. The van der Waals surface area contributed by atoms with Crippen LogP contribution in [0.25, 0.3) is 0 Å². The molecule has 0 amide bonds. The number of hydrogen-bond acceptors (Lipinski definition) is 6. The van der Waals surface area contributed by atoms with Gasteiger partial charge in [-0.3, -0.25) is 0 Å². The number of ether oxygens (including phenoxy) is 1. The maximum atomic E-state index is 11.6. The van der Waals surface area contributed by atoms with Crippen LogP contribution >= 0.6 is 22.9 Å². The number of para-hydroxylation sites is 1. The minimum atomic E-state index is -0.599. The first kappa shape index (κ1) is 16.5. The normalized spacial score (nSPS) is 11.4. The highest BCUT2D eigenvalue weighted by Gasteiger charge is 2.10. The van der Waals surface area contributed by atoms with E-state index in [-0.39, 0.29) is 6.61 Å². The first-order chi connectivity index (χ1) is 10.5. The van der Waals surface area contributed by atoms with E-state index < -0.39 is 5.97 Å². The molecule has 0 unspecified atom stereocenters. The summed E-state index contributed by atoms with van der Waals surface area (Å²) in [6.07, 6.45) is 0. The van der Waals surface area contributed by atoms with Crippen LogP contribution < -0.4 is 4.74 Å². The second-order valence-electron chi connectivity index (χ2n) is 4.51. The Morgan fingerprint density at radius 2 is 2.09 bits per heavy atom. The Bertz CT molecular complexity index is 713. The molecule has 1 heterocycles. The predicted octanol–water partition coefficient (Wildman–Crippen LogP) is 3.76. The SMILES string of the molecule is C/C(=N\OC(=O)COc1ccccc1Cl)c1sc(C)nc1C. The Morgan fingerprint density at radius 3 is 2.73 bits per heavy atom. The van der Waals surface area contributed by atoms with Crippen molar-refractivity contribution in [2.24, 2.45) is 5.16 Å². The zero-order valence-electron chi connectivity index (χ0n) is 12.4. The van der Waals surface area contributed by atoms with Gasteiger partial charge >= 0.3 is 5.97 Å². The van der Waals surface area contributed by atoms with Crippen molar-refractivity contribution in [1.29, 1.82) is 0 Å². The molecule has 0 N–H and O–H groups in total. The summed E-state index contributed by atoms with van der Waals surface area (Å²) in [5, 5.41) is 5.20. The lowest BCUT2D eigenvalue weighted by Crippen LogP contribution is -2.13. The van der Waals surface area contributed by atoms with Crippen molar-refractivity contribution in [3.63, 3.8) is 0 Å². The molecule has 2 aromatic rings. The fourth-order valence-electron chi connectivity index (χ4n) is 1.75. The van der Waals surface area contributed by atoms with E-state index in [1.165, 1.54) is 11.3 Å². The summed E-state index contributed by atoms with van der Waals surface area (Å²) in [7, 11) is 0. The van der Waals surface area contributed by atoms with Gasteiger partial charge in [-0.05, 0) is 32.9 Å². The summed E-state index contributed by atoms with van der Waals surface area (Å²) in [6.45, 7) is 5.31.